The van der Waals surface area contributed by atoms with Crippen LogP contribution < -0.4 is 4.90 Å². The number of hydrogen-bond acceptors (Lipinski definition) is 1. The van der Waals surface area contributed by atoms with E-state index in [9.17, 15) is 0 Å². The molecular weight excluding hydrogens is 713 g/mol. The van der Waals surface area contributed by atoms with Crippen LogP contribution in [0, 0.1) is 0 Å². The molecule has 59 heavy (non-hydrogen) atoms. The Morgan fingerprint density at radius 2 is 0.898 bits per heavy atom. The number of aromatic nitrogens is 1. The van der Waals surface area contributed by atoms with Gasteiger partial charge in [0.1, 0.15) is 0 Å². The molecule has 0 atom stereocenters. The van der Waals surface area contributed by atoms with Gasteiger partial charge in [0, 0.05) is 38.9 Å². The van der Waals surface area contributed by atoms with E-state index in [1.807, 2.05) is 0 Å². The second kappa shape index (κ2) is 13.9. The summed E-state index contributed by atoms with van der Waals surface area (Å²) in [6.45, 7) is 4.74. The van der Waals surface area contributed by atoms with Crippen LogP contribution in [-0.2, 0) is 5.41 Å². The lowest BCUT2D eigenvalue weighted by Gasteiger charge is -2.26. The van der Waals surface area contributed by atoms with Crippen LogP contribution in [0.25, 0.3) is 72.0 Å². The van der Waals surface area contributed by atoms with Gasteiger partial charge in [0.2, 0.25) is 0 Å². The van der Waals surface area contributed by atoms with E-state index >= 15 is 0 Å². The summed E-state index contributed by atoms with van der Waals surface area (Å²) in [5, 5.41) is 2.55. The van der Waals surface area contributed by atoms with Gasteiger partial charge in [0.05, 0.1) is 11.0 Å². The van der Waals surface area contributed by atoms with Crippen LogP contribution in [-0.4, -0.2) is 4.57 Å². The zero-order valence-electron chi connectivity index (χ0n) is 33.2. The number of rotatable bonds is 7. The molecule has 1 aliphatic carbocycles. The van der Waals surface area contributed by atoms with Gasteiger partial charge in [0.25, 0.3) is 0 Å². The number of nitrogens with zero attached hydrogens (tertiary/aromatic N) is 2. The predicted octanol–water partition coefficient (Wildman–Crippen LogP) is 15.6. The first kappa shape index (κ1) is 34.8. The van der Waals surface area contributed by atoms with Crippen LogP contribution >= 0.6 is 0 Å². The zero-order chi connectivity index (χ0) is 39.5. The Kier molecular flexibility index (Phi) is 8.20. The molecule has 1 aromatic heterocycles. The van der Waals surface area contributed by atoms with Gasteiger partial charge in [-0.1, -0.05) is 178 Å². The van der Waals surface area contributed by atoms with Gasteiger partial charge < -0.3 is 9.47 Å². The molecule has 2 nitrogen and oxygen atoms in total. The molecule has 1 aliphatic rings. The molecule has 10 aromatic rings. The van der Waals surface area contributed by atoms with Crippen molar-refractivity contribution in [3.8, 4) is 50.2 Å². The van der Waals surface area contributed by atoms with Gasteiger partial charge in [0.15, 0.2) is 0 Å². The largest absolute Gasteiger partial charge is 0.310 e. The molecule has 0 unspecified atom stereocenters. The number of benzene rings is 9. The first-order valence-corrected chi connectivity index (χ1v) is 20.5. The van der Waals surface area contributed by atoms with Gasteiger partial charge in [-0.3, -0.25) is 0 Å². The van der Waals surface area contributed by atoms with Gasteiger partial charge in [-0.2, -0.15) is 0 Å². The van der Waals surface area contributed by atoms with Crippen molar-refractivity contribution in [3.63, 3.8) is 0 Å². The van der Waals surface area contributed by atoms with Crippen molar-refractivity contribution in [3.05, 3.63) is 230 Å². The van der Waals surface area contributed by atoms with Crippen LogP contribution in [0.4, 0.5) is 17.1 Å². The van der Waals surface area contributed by atoms with E-state index in [-0.39, 0.29) is 5.41 Å². The standard InChI is InChI=1S/C57H42N2/c1-57(2)51-24-13-12-23-49(51)55-52(57)35-36-53-56(55)50-34-33-48(38-54(50)59(53)46-31-27-43(28-32-46)40-17-8-4-9-18-40)58(45-29-25-42(26-30-45)39-15-6-3-7-16-39)47-22-14-21-44(37-47)41-19-10-5-11-20-41/h3-38H,1-2H3. The lowest BCUT2D eigenvalue weighted by molar-refractivity contribution is 0.661. The first-order chi connectivity index (χ1) is 29.0. The van der Waals surface area contributed by atoms with Crippen molar-refractivity contribution < 1.29 is 0 Å². The summed E-state index contributed by atoms with van der Waals surface area (Å²) < 4.78 is 2.48. The number of fused-ring (bicyclic) bond motifs is 7. The molecule has 0 amide bonds. The third-order valence-electron chi connectivity index (χ3n) is 12.4. The van der Waals surface area contributed by atoms with Crippen molar-refractivity contribution in [1.29, 1.82) is 0 Å². The molecule has 0 saturated heterocycles. The quantitative estimate of drug-likeness (QED) is 0.157. The molecule has 0 bridgehead atoms. The summed E-state index contributed by atoms with van der Waals surface area (Å²) in [6.07, 6.45) is 0. The highest BCUT2D eigenvalue weighted by Gasteiger charge is 2.37. The number of hydrogen-bond donors (Lipinski definition) is 0. The Morgan fingerprint density at radius 1 is 0.373 bits per heavy atom. The van der Waals surface area contributed by atoms with Gasteiger partial charge in [-0.05, 0) is 110 Å². The van der Waals surface area contributed by atoms with E-state index < -0.39 is 0 Å². The highest BCUT2D eigenvalue weighted by Crippen LogP contribution is 2.53. The topological polar surface area (TPSA) is 8.17 Å². The second-order valence-electron chi connectivity index (χ2n) is 16.2. The minimum Gasteiger partial charge on any atom is -0.310 e. The molecule has 2 heteroatoms. The summed E-state index contributed by atoms with van der Waals surface area (Å²) >= 11 is 0. The van der Waals surface area contributed by atoms with Crippen LogP contribution in [0.3, 0.4) is 0 Å². The monoisotopic (exact) mass is 754 g/mol. The molecule has 0 N–H and O–H groups in total. The maximum absolute atomic E-state index is 2.48. The molecule has 0 aliphatic heterocycles. The van der Waals surface area contributed by atoms with Crippen molar-refractivity contribution >= 4 is 38.9 Å². The lowest BCUT2D eigenvalue weighted by atomic mass is 9.82. The molecule has 280 valence electrons. The first-order valence-electron chi connectivity index (χ1n) is 20.5. The summed E-state index contributed by atoms with van der Waals surface area (Å²) in [5.41, 5.74) is 19.4. The van der Waals surface area contributed by atoms with E-state index in [1.165, 1.54) is 77.4 Å². The second-order valence-corrected chi connectivity index (χ2v) is 16.2. The summed E-state index contributed by atoms with van der Waals surface area (Å²) in [7, 11) is 0. The molecule has 0 spiro atoms. The third kappa shape index (κ3) is 5.79. The molecule has 0 fully saturated rings. The Labute approximate surface area is 345 Å². The van der Waals surface area contributed by atoms with Crippen molar-refractivity contribution in [2.45, 2.75) is 19.3 Å². The minimum absolute atomic E-state index is 0.0989. The molecule has 0 radical (unpaired) electrons. The molecule has 0 saturated carbocycles. The summed E-state index contributed by atoms with van der Waals surface area (Å²) in [5.74, 6) is 0. The van der Waals surface area contributed by atoms with Crippen LogP contribution in [0.15, 0.2) is 218 Å². The third-order valence-corrected chi connectivity index (χ3v) is 12.4. The SMILES string of the molecule is CC1(C)c2ccccc2-c2c1ccc1c2c2ccc(N(c3ccc(-c4ccccc4)cc3)c3cccc(-c4ccccc4)c3)cc2n1-c1ccc(-c2ccccc2)cc1. The molecule has 11 rings (SSSR count). The zero-order valence-corrected chi connectivity index (χ0v) is 33.2. The fourth-order valence-corrected chi connectivity index (χ4v) is 9.48. The van der Waals surface area contributed by atoms with Crippen molar-refractivity contribution in [1.82, 2.24) is 4.57 Å². The van der Waals surface area contributed by atoms with E-state index in [0.717, 1.165) is 22.7 Å². The average Bonchev–Trinajstić information content (AvgIpc) is 3.75. The van der Waals surface area contributed by atoms with Crippen molar-refractivity contribution in [2.75, 3.05) is 4.90 Å². The van der Waals surface area contributed by atoms with Gasteiger partial charge in [-0.15, -0.1) is 0 Å². The fourth-order valence-electron chi connectivity index (χ4n) is 9.48. The highest BCUT2D eigenvalue weighted by molar-refractivity contribution is 6.18. The van der Waals surface area contributed by atoms with Crippen LogP contribution in [0.5, 0.6) is 0 Å². The lowest BCUT2D eigenvalue weighted by Crippen LogP contribution is -2.14. The van der Waals surface area contributed by atoms with Crippen LogP contribution in [0.1, 0.15) is 25.0 Å². The van der Waals surface area contributed by atoms with Gasteiger partial charge >= 0.3 is 0 Å². The fraction of sp³-hybridized carbons (Fsp3) is 0.0526. The van der Waals surface area contributed by atoms with Crippen LogP contribution in [0.2, 0.25) is 0 Å². The highest BCUT2D eigenvalue weighted by atomic mass is 15.1. The maximum Gasteiger partial charge on any atom is 0.0562 e. The van der Waals surface area contributed by atoms with E-state index in [0.29, 0.717) is 0 Å². The Bertz CT molecular complexity index is 3140. The van der Waals surface area contributed by atoms with E-state index in [2.05, 4.69) is 242 Å². The Morgan fingerprint density at radius 3 is 1.56 bits per heavy atom. The predicted molar refractivity (Wildman–Crippen MR) is 249 cm³/mol. The number of anilines is 3. The Balaban J connectivity index is 1.15. The van der Waals surface area contributed by atoms with Crippen molar-refractivity contribution in [2.24, 2.45) is 0 Å². The summed E-state index contributed by atoms with van der Waals surface area (Å²) in [4.78, 5) is 2.41. The average molecular weight is 755 g/mol. The maximum atomic E-state index is 2.48. The molecular formula is C57H42N2. The smallest absolute Gasteiger partial charge is 0.0562 e. The van der Waals surface area contributed by atoms with E-state index in [4.69, 9.17) is 0 Å². The Hall–Kier alpha value is -7.42. The van der Waals surface area contributed by atoms with E-state index in [1.54, 1.807) is 0 Å². The molecule has 1 heterocycles. The summed E-state index contributed by atoms with van der Waals surface area (Å²) in [6, 6.07) is 79.7. The molecule has 9 aromatic carbocycles. The minimum atomic E-state index is -0.0989. The van der Waals surface area contributed by atoms with Gasteiger partial charge in [-0.25, -0.2) is 0 Å². The normalized spacial score (nSPS) is 12.7.